The van der Waals surface area contributed by atoms with Crippen molar-refractivity contribution in [1.82, 2.24) is 8.75 Å². The molecule has 2 heterocycles. The molecule has 0 saturated heterocycles. The van der Waals surface area contributed by atoms with Crippen LogP contribution in [0.25, 0.3) is 16.6 Å². The summed E-state index contributed by atoms with van der Waals surface area (Å²) in [7, 11) is 0. The molecule has 1 N–H and O–H groups in total. The molecule has 3 aromatic carbocycles. The molecule has 0 aliphatic rings. The molecular formula is C28H20N2O4S2. The van der Waals surface area contributed by atoms with E-state index < -0.39 is 5.97 Å². The van der Waals surface area contributed by atoms with Gasteiger partial charge in [0.15, 0.2) is 5.78 Å². The fraction of sp³-hybridized carbons (Fsp3) is 0.0714. The first-order chi connectivity index (χ1) is 17.6. The number of thiophene rings is 1. The van der Waals surface area contributed by atoms with Crippen molar-refractivity contribution in [3.05, 3.63) is 117 Å². The van der Waals surface area contributed by atoms with Crippen molar-refractivity contribution in [3.63, 3.8) is 0 Å². The van der Waals surface area contributed by atoms with Crippen molar-refractivity contribution in [3.8, 4) is 5.75 Å². The van der Waals surface area contributed by atoms with Crippen molar-refractivity contribution in [2.24, 2.45) is 0 Å². The predicted molar refractivity (Wildman–Crippen MR) is 142 cm³/mol. The summed E-state index contributed by atoms with van der Waals surface area (Å²) in [6, 6.07) is 23.6. The van der Waals surface area contributed by atoms with Gasteiger partial charge in [-0.15, -0.1) is 0 Å². The van der Waals surface area contributed by atoms with Gasteiger partial charge in [-0.1, -0.05) is 36.4 Å². The zero-order valence-electron chi connectivity index (χ0n) is 19.0. The number of hydrogen-bond donors (Lipinski definition) is 1. The van der Waals surface area contributed by atoms with Crippen LogP contribution in [0.3, 0.4) is 0 Å². The molecule has 36 heavy (non-hydrogen) atoms. The number of ether oxygens (including phenoxy) is 1. The minimum Gasteiger partial charge on any atom is -0.489 e. The molecule has 0 fully saturated rings. The number of allylic oxidation sites excluding steroid dienone is 1. The Morgan fingerprint density at radius 3 is 2.31 bits per heavy atom. The topological polar surface area (TPSA) is 89.4 Å². The van der Waals surface area contributed by atoms with E-state index in [4.69, 9.17) is 4.74 Å². The molecule has 2 aromatic heterocycles. The maximum absolute atomic E-state index is 13.7. The summed E-state index contributed by atoms with van der Waals surface area (Å²) in [5.41, 5.74) is 4.18. The number of carbonyl (C=O) groups is 2. The lowest BCUT2D eigenvalue weighted by Crippen LogP contribution is -2.14. The van der Waals surface area contributed by atoms with Crippen LogP contribution in [-0.4, -0.2) is 25.6 Å². The number of fused-ring (bicyclic) bond motifs is 1. The molecule has 0 spiro atoms. The third-order valence-electron chi connectivity index (χ3n) is 5.66. The highest BCUT2D eigenvalue weighted by Gasteiger charge is 2.24. The first-order valence-electron chi connectivity index (χ1n) is 11.1. The number of aromatic nitrogens is 2. The molecule has 6 nitrogen and oxygen atoms in total. The minimum absolute atomic E-state index is 0.0366. The Morgan fingerprint density at radius 2 is 1.58 bits per heavy atom. The van der Waals surface area contributed by atoms with Crippen molar-refractivity contribution < 1.29 is 19.4 Å². The van der Waals surface area contributed by atoms with Crippen LogP contribution in [0.5, 0.6) is 5.75 Å². The molecule has 0 aliphatic carbocycles. The summed E-state index contributed by atoms with van der Waals surface area (Å²) in [5, 5.41) is 14.0. The van der Waals surface area contributed by atoms with Gasteiger partial charge in [-0.2, -0.15) is 20.1 Å². The summed E-state index contributed by atoms with van der Waals surface area (Å²) in [4.78, 5) is 26.2. The lowest BCUT2D eigenvalue weighted by Gasteiger charge is -2.13. The lowest BCUT2D eigenvalue weighted by atomic mass is 9.90. The second kappa shape index (κ2) is 10.6. The lowest BCUT2D eigenvalue weighted by molar-refractivity contribution is -0.130. The van der Waals surface area contributed by atoms with Crippen molar-refractivity contribution in [2.45, 2.75) is 13.0 Å². The van der Waals surface area contributed by atoms with Crippen LogP contribution in [0.1, 0.15) is 27.0 Å². The number of nitrogens with zero attached hydrogens (tertiary/aromatic N) is 2. The summed E-state index contributed by atoms with van der Waals surface area (Å²) in [5.74, 6) is -0.887. The van der Waals surface area contributed by atoms with Gasteiger partial charge >= 0.3 is 5.97 Å². The quantitative estimate of drug-likeness (QED) is 0.184. The van der Waals surface area contributed by atoms with Gasteiger partial charge in [0.25, 0.3) is 0 Å². The molecule has 0 radical (unpaired) electrons. The Kier molecular flexibility index (Phi) is 6.97. The van der Waals surface area contributed by atoms with Crippen LogP contribution in [0, 0.1) is 0 Å². The molecule has 178 valence electrons. The Balaban J connectivity index is 1.49. The van der Waals surface area contributed by atoms with E-state index in [1.54, 1.807) is 42.5 Å². The van der Waals surface area contributed by atoms with E-state index in [0.717, 1.165) is 22.9 Å². The molecule has 0 unspecified atom stereocenters. The average molecular weight is 513 g/mol. The fourth-order valence-electron chi connectivity index (χ4n) is 3.86. The predicted octanol–water partition coefficient (Wildman–Crippen LogP) is 6.30. The zero-order chi connectivity index (χ0) is 24.9. The van der Waals surface area contributed by atoms with Crippen LogP contribution in [0.2, 0.25) is 0 Å². The molecule has 5 rings (SSSR count). The van der Waals surface area contributed by atoms with E-state index in [9.17, 15) is 14.7 Å². The van der Waals surface area contributed by atoms with E-state index in [0.29, 0.717) is 34.5 Å². The maximum Gasteiger partial charge on any atom is 0.336 e. The summed E-state index contributed by atoms with van der Waals surface area (Å²) in [6.45, 7) is 0.411. The molecular weight excluding hydrogens is 492 g/mol. The minimum atomic E-state index is -1.17. The number of Topliss-reactive ketones (excluding diaryl/α,β-unsaturated/α-hetero) is 1. The van der Waals surface area contributed by atoms with Gasteiger partial charge in [0, 0.05) is 17.6 Å². The van der Waals surface area contributed by atoms with Crippen LogP contribution in [0.4, 0.5) is 0 Å². The zero-order valence-corrected chi connectivity index (χ0v) is 20.6. The van der Waals surface area contributed by atoms with Gasteiger partial charge in [-0.3, -0.25) is 4.79 Å². The molecule has 0 bridgehead atoms. The SMILES string of the molecule is O=C(O)C(=C(Cc1ccsc1)C(=O)c1ccc(OCc2ccccc2)cc1)c1ccc2nsnc2c1. The Hall–Kier alpha value is -4.14. The van der Waals surface area contributed by atoms with Gasteiger partial charge in [-0.05, 0) is 69.9 Å². The third kappa shape index (κ3) is 5.25. The monoisotopic (exact) mass is 512 g/mol. The normalized spacial score (nSPS) is 11.8. The number of hydrogen-bond acceptors (Lipinski definition) is 7. The molecule has 5 aromatic rings. The first-order valence-corrected chi connectivity index (χ1v) is 12.8. The highest BCUT2D eigenvalue weighted by molar-refractivity contribution is 7.08. The van der Waals surface area contributed by atoms with E-state index in [2.05, 4.69) is 8.75 Å². The Labute approximate surface area is 215 Å². The number of carbonyl (C=O) groups excluding carboxylic acids is 1. The number of carboxylic acids is 1. The maximum atomic E-state index is 13.7. The standard InChI is InChI=1S/C28H20N2O4S2/c31-27(20-6-9-22(10-7-20)34-16-18-4-2-1-3-5-18)23(14-19-12-13-35-17-19)26(28(32)33)21-8-11-24-25(15-21)30-36-29-24/h1-13,15,17H,14,16H2,(H,32,33). The van der Waals surface area contributed by atoms with Gasteiger partial charge in [0.2, 0.25) is 0 Å². The Bertz CT molecular complexity index is 1540. The second-order valence-electron chi connectivity index (χ2n) is 8.06. The van der Waals surface area contributed by atoms with Crippen LogP contribution in [0.15, 0.2) is 95.2 Å². The van der Waals surface area contributed by atoms with Gasteiger partial charge in [0.05, 0.1) is 17.3 Å². The number of aliphatic carboxylic acids is 1. The van der Waals surface area contributed by atoms with Crippen molar-refractivity contribution >= 4 is 51.4 Å². The summed E-state index contributed by atoms with van der Waals surface area (Å²) in [6.07, 6.45) is 0.198. The van der Waals surface area contributed by atoms with Crippen LogP contribution >= 0.6 is 23.1 Å². The van der Waals surface area contributed by atoms with E-state index in [1.165, 1.54) is 11.3 Å². The molecule has 8 heteroatoms. The number of ketones is 1. The molecule has 0 aliphatic heterocycles. The van der Waals surface area contributed by atoms with Gasteiger partial charge in [0.1, 0.15) is 23.4 Å². The van der Waals surface area contributed by atoms with Crippen molar-refractivity contribution in [2.75, 3.05) is 0 Å². The summed E-state index contributed by atoms with van der Waals surface area (Å²) >= 11 is 2.56. The second-order valence-corrected chi connectivity index (χ2v) is 9.37. The van der Waals surface area contributed by atoms with E-state index >= 15 is 0 Å². The number of carboxylic acid groups (broad SMARTS) is 1. The highest BCUT2D eigenvalue weighted by Crippen LogP contribution is 2.29. The van der Waals surface area contributed by atoms with Crippen molar-refractivity contribution in [1.29, 1.82) is 0 Å². The number of rotatable bonds is 9. The first kappa shape index (κ1) is 23.6. The summed E-state index contributed by atoms with van der Waals surface area (Å²) < 4.78 is 14.2. The largest absolute Gasteiger partial charge is 0.489 e. The third-order valence-corrected chi connectivity index (χ3v) is 6.95. The smallest absolute Gasteiger partial charge is 0.336 e. The van der Waals surface area contributed by atoms with Gasteiger partial charge in [-0.25, -0.2) is 4.79 Å². The molecule has 0 amide bonds. The fourth-order valence-corrected chi connectivity index (χ4v) is 5.05. The van der Waals surface area contributed by atoms with Crippen LogP contribution < -0.4 is 4.74 Å². The molecule has 0 atom stereocenters. The van der Waals surface area contributed by atoms with Crippen LogP contribution in [-0.2, 0) is 17.8 Å². The van der Waals surface area contributed by atoms with Gasteiger partial charge < -0.3 is 9.84 Å². The molecule has 0 saturated carbocycles. The number of benzene rings is 3. The van der Waals surface area contributed by atoms with E-state index in [1.807, 2.05) is 47.2 Å². The Morgan fingerprint density at radius 1 is 0.833 bits per heavy atom. The van der Waals surface area contributed by atoms with E-state index in [-0.39, 0.29) is 23.4 Å². The average Bonchev–Trinajstić information content (AvgIpc) is 3.59. The highest BCUT2D eigenvalue weighted by atomic mass is 32.1.